The van der Waals surface area contributed by atoms with Crippen LogP contribution in [0.3, 0.4) is 0 Å². The predicted octanol–water partition coefficient (Wildman–Crippen LogP) is 3.76. The molecule has 0 atom stereocenters. The first kappa shape index (κ1) is 9.94. The Kier molecular flexibility index (Phi) is 2.28. The van der Waals surface area contributed by atoms with E-state index in [2.05, 4.69) is 25.2 Å². The molecule has 0 unspecified atom stereocenters. The molecule has 1 aliphatic rings. The Morgan fingerprint density at radius 2 is 2.14 bits per heavy atom. The Morgan fingerprint density at radius 3 is 2.86 bits per heavy atom. The molecule has 74 valence electrons. The van der Waals surface area contributed by atoms with Crippen LogP contribution in [-0.4, -0.2) is 4.99 Å². The van der Waals surface area contributed by atoms with E-state index in [1.54, 1.807) is 0 Å². The number of halogens is 1. The van der Waals surface area contributed by atoms with Crippen LogP contribution in [0.25, 0.3) is 0 Å². The van der Waals surface area contributed by atoms with Gasteiger partial charge in [0.1, 0.15) is 0 Å². The number of thiocarbonyl (C=S) groups is 1. The van der Waals surface area contributed by atoms with Crippen molar-refractivity contribution in [1.82, 2.24) is 0 Å². The van der Waals surface area contributed by atoms with Gasteiger partial charge in [0, 0.05) is 17.1 Å². The smallest absolute Gasteiger partial charge is 0.0806 e. The van der Waals surface area contributed by atoms with Crippen molar-refractivity contribution in [3.63, 3.8) is 0 Å². The molecule has 0 fully saturated rings. The van der Waals surface area contributed by atoms with Gasteiger partial charge in [-0.2, -0.15) is 0 Å². The molecule has 0 aromatic heterocycles. The minimum Gasteiger partial charge on any atom is -0.350 e. The summed E-state index contributed by atoms with van der Waals surface area (Å²) in [5, 5.41) is 3.95. The van der Waals surface area contributed by atoms with E-state index >= 15 is 0 Å². The zero-order valence-electron chi connectivity index (χ0n) is 8.23. The van der Waals surface area contributed by atoms with Crippen LogP contribution in [0.2, 0.25) is 5.02 Å². The summed E-state index contributed by atoms with van der Waals surface area (Å²) >= 11 is 11.2. The van der Waals surface area contributed by atoms with Crippen LogP contribution in [-0.2, 0) is 5.41 Å². The maximum atomic E-state index is 5.93. The summed E-state index contributed by atoms with van der Waals surface area (Å²) in [6.45, 7) is 4.40. The van der Waals surface area contributed by atoms with Crippen molar-refractivity contribution in [3.05, 3.63) is 28.8 Å². The molecule has 1 aromatic carbocycles. The normalized spacial score (nSPS) is 18.6. The first-order chi connectivity index (χ1) is 6.49. The lowest BCUT2D eigenvalue weighted by atomic mass is 9.78. The molecule has 0 saturated carbocycles. The highest BCUT2D eigenvalue weighted by Gasteiger charge is 2.29. The average molecular weight is 226 g/mol. The van der Waals surface area contributed by atoms with E-state index in [0.29, 0.717) is 0 Å². The molecule has 0 saturated heterocycles. The maximum absolute atomic E-state index is 5.93. The summed E-state index contributed by atoms with van der Waals surface area (Å²) in [6, 6.07) is 5.94. The third-order valence-electron chi connectivity index (χ3n) is 2.59. The van der Waals surface area contributed by atoms with Gasteiger partial charge in [0.25, 0.3) is 0 Å². The second kappa shape index (κ2) is 3.21. The molecule has 1 heterocycles. The predicted molar refractivity (Wildman–Crippen MR) is 65.3 cm³/mol. The van der Waals surface area contributed by atoms with E-state index in [-0.39, 0.29) is 5.41 Å². The van der Waals surface area contributed by atoms with Gasteiger partial charge in [-0.05, 0) is 23.1 Å². The Hall–Kier alpha value is -0.600. The zero-order chi connectivity index (χ0) is 10.3. The van der Waals surface area contributed by atoms with Gasteiger partial charge < -0.3 is 5.32 Å². The van der Waals surface area contributed by atoms with Crippen LogP contribution in [0, 0.1) is 0 Å². The van der Waals surface area contributed by atoms with Crippen molar-refractivity contribution in [3.8, 4) is 0 Å². The summed E-state index contributed by atoms with van der Waals surface area (Å²) in [5.74, 6) is 0. The number of hydrogen-bond acceptors (Lipinski definition) is 1. The van der Waals surface area contributed by atoms with Gasteiger partial charge in [0.15, 0.2) is 0 Å². The Labute approximate surface area is 94.5 Å². The number of fused-ring (bicyclic) bond motifs is 1. The van der Waals surface area contributed by atoms with Crippen molar-refractivity contribution in [2.75, 3.05) is 5.32 Å². The second-order valence-corrected chi connectivity index (χ2v) is 5.23. The molecule has 2 rings (SSSR count). The molecule has 0 radical (unpaired) electrons. The standard InChI is InChI=1S/C11H12ClNS/c1-11(2)6-10(14)13-9-5-7(12)3-4-8(9)11/h3-5H,6H2,1-2H3,(H,13,14). The number of hydrogen-bond donors (Lipinski definition) is 1. The topological polar surface area (TPSA) is 12.0 Å². The van der Waals surface area contributed by atoms with E-state index < -0.39 is 0 Å². The average Bonchev–Trinajstić information content (AvgIpc) is 2.00. The largest absolute Gasteiger partial charge is 0.350 e. The van der Waals surface area contributed by atoms with Crippen LogP contribution in [0.4, 0.5) is 5.69 Å². The molecule has 1 N–H and O–H groups in total. The third-order valence-corrected chi connectivity index (χ3v) is 3.07. The lowest BCUT2D eigenvalue weighted by Gasteiger charge is -2.33. The van der Waals surface area contributed by atoms with Gasteiger partial charge in [0.2, 0.25) is 0 Å². The fraction of sp³-hybridized carbons (Fsp3) is 0.364. The lowest BCUT2D eigenvalue weighted by Crippen LogP contribution is -2.31. The minimum atomic E-state index is 0.113. The minimum absolute atomic E-state index is 0.113. The van der Waals surface area contributed by atoms with Gasteiger partial charge >= 0.3 is 0 Å². The molecule has 0 bridgehead atoms. The van der Waals surface area contributed by atoms with E-state index in [1.807, 2.05) is 12.1 Å². The summed E-state index contributed by atoms with van der Waals surface area (Å²) in [7, 11) is 0. The highest BCUT2D eigenvalue weighted by molar-refractivity contribution is 7.80. The molecule has 0 amide bonds. The fourth-order valence-corrected chi connectivity index (χ4v) is 2.54. The van der Waals surface area contributed by atoms with Crippen LogP contribution in [0.1, 0.15) is 25.8 Å². The molecule has 1 aromatic rings. The van der Waals surface area contributed by atoms with E-state index in [1.165, 1.54) is 5.56 Å². The molecule has 14 heavy (non-hydrogen) atoms. The summed E-state index contributed by atoms with van der Waals surface area (Å²) in [6.07, 6.45) is 0.900. The number of rotatable bonds is 0. The second-order valence-electron chi connectivity index (χ2n) is 4.30. The van der Waals surface area contributed by atoms with Gasteiger partial charge in [-0.3, -0.25) is 0 Å². The molecule has 1 nitrogen and oxygen atoms in total. The van der Waals surface area contributed by atoms with Crippen LogP contribution >= 0.6 is 23.8 Å². The SMILES string of the molecule is CC1(C)CC(=S)Nc2cc(Cl)ccc21. The van der Waals surface area contributed by atoms with Gasteiger partial charge in [-0.25, -0.2) is 0 Å². The molecule has 1 aliphatic heterocycles. The molecular weight excluding hydrogens is 214 g/mol. The fourth-order valence-electron chi connectivity index (χ4n) is 1.90. The number of benzene rings is 1. The maximum Gasteiger partial charge on any atom is 0.0806 e. The first-order valence-electron chi connectivity index (χ1n) is 4.59. The van der Waals surface area contributed by atoms with Crippen molar-refractivity contribution < 1.29 is 0 Å². The Bertz CT molecular complexity index is 398. The molecule has 0 spiro atoms. The van der Waals surface area contributed by atoms with Crippen molar-refractivity contribution in [2.45, 2.75) is 25.7 Å². The summed E-state index contributed by atoms with van der Waals surface area (Å²) in [4.78, 5) is 0.893. The van der Waals surface area contributed by atoms with Gasteiger partial charge in [-0.15, -0.1) is 0 Å². The highest BCUT2D eigenvalue weighted by Crippen LogP contribution is 2.38. The first-order valence-corrected chi connectivity index (χ1v) is 5.37. The summed E-state index contributed by atoms with van der Waals surface area (Å²) < 4.78 is 0. The van der Waals surface area contributed by atoms with E-state index in [0.717, 1.165) is 22.1 Å². The quantitative estimate of drug-likeness (QED) is 0.675. The van der Waals surface area contributed by atoms with Crippen molar-refractivity contribution in [2.24, 2.45) is 0 Å². The molecular formula is C11H12ClNS. The van der Waals surface area contributed by atoms with Gasteiger partial charge in [0.05, 0.1) is 4.99 Å². The number of nitrogens with one attached hydrogen (secondary N) is 1. The highest BCUT2D eigenvalue weighted by atomic mass is 35.5. The Morgan fingerprint density at radius 1 is 1.43 bits per heavy atom. The molecule has 3 heteroatoms. The monoisotopic (exact) mass is 225 g/mol. The van der Waals surface area contributed by atoms with E-state index in [4.69, 9.17) is 23.8 Å². The van der Waals surface area contributed by atoms with Crippen LogP contribution in [0.5, 0.6) is 0 Å². The van der Waals surface area contributed by atoms with E-state index in [9.17, 15) is 0 Å². The van der Waals surface area contributed by atoms with Crippen LogP contribution < -0.4 is 5.32 Å². The molecule has 0 aliphatic carbocycles. The van der Waals surface area contributed by atoms with Gasteiger partial charge in [-0.1, -0.05) is 43.7 Å². The number of anilines is 1. The Balaban J connectivity index is 2.57. The lowest BCUT2D eigenvalue weighted by molar-refractivity contribution is 0.547. The third kappa shape index (κ3) is 1.64. The zero-order valence-corrected chi connectivity index (χ0v) is 9.80. The summed E-state index contributed by atoms with van der Waals surface area (Å²) in [5.41, 5.74) is 2.46. The van der Waals surface area contributed by atoms with Crippen molar-refractivity contribution in [1.29, 1.82) is 0 Å². The van der Waals surface area contributed by atoms with Crippen molar-refractivity contribution >= 4 is 34.5 Å². The van der Waals surface area contributed by atoms with Crippen LogP contribution in [0.15, 0.2) is 18.2 Å².